The summed E-state index contributed by atoms with van der Waals surface area (Å²) in [5.41, 5.74) is 21.0. The molecule has 3 heterocycles. The van der Waals surface area contributed by atoms with Crippen LogP contribution in [0.5, 0.6) is 0 Å². The molecular weight excluding hydrogens is 799 g/mol. The second-order valence-corrected chi connectivity index (χ2v) is 17.6. The Balaban J connectivity index is 1.05. The topological polar surface area (TPSA) is 13.1 Å². The lowest BCUT2D eigenvalue weighted by atomic mass is 9.67. The summed E-state index contributed by atoms with van der Waals surface area (Å²) in [6, 6.07) is 92.1. The van der Waals surface area contributed by atoms with Gasteiger partial charge in [-0.15, -0.1) is 0 Å². The van der Waals surface area contributed by atoms with Crippen molar-refractivity contribution in [2.75, 3.05) is 4.90 Å². The molecule has 0 amide bonds. The van der Waals surface area contributed by atoms with Crippen LogP contribution in [0.15, 0.2) is 249 Å². The molecule has 0 bridgehead atoms. The molecular formula is C63H41N3. The number of benzene rings is 10. The maximum absolute atomic E-state index is 2.52. The Bertz CT molecular complexity index is 3780. The van der Waals surface area contributed by atoms with Crippen molar-refractivity contribution in [1.29, 1.82) is 0 Å². The molecule has 2 aromatic heterocycles. The second kappa shape index (κ2) is 14.2. The van der Waals surface area contributed by atoms with Crippen LogP contribution in [0, 0.1) is 0 Å². The molecule has 14 rings (SSSR count). The van der Waals surface area contributed by atoms with Crippen LogP contribution in [-0.2, 0) is 5.41 Å². The first-order chi connectivity index (χ1) is 32.8. The zero-order valence-corrected chi connectivity index (χ0v) is 36.0. The highest BCUT2D eigenvalue weighted by Gasteiger charge is 2.47. The van der Waals surface area contributed by atoms with E-state index < -0.39 is 5.41 Å². The van der Waals surface area contributed by atoms with Crippen molar-refractivity contribution < 1.29 is 0 Å². The first kappa shape index (κ1) is 36.8. The van der Waals surface area contributed by atoms with Crippen LogP contribution in [-0.4, -0.2) is 9.13 Å². The molecule has 3 nitrogen and oxygen atoms in total. The highest BCUT2D eigenvalue weighted by atomic mass is 15.2. The summed E-state index contributed by atoms with van der Waals surface area (Å²) in [4.78, 5) is 2.52. The zero-order valence-electron chi connectivity index (χ0n) is 36.0. The number of anilines is 3. The fraction of sp³-hybridized carbons (Fsp3) is 0.0159. The van der Waals surface area contributed by atoms with E-state index >= 15 is 0 Å². The van der Waals surface area contributed by atoms with Gasteiger partial charge in [-0.25, -0.2) is 0 Å². The van der Waals surface area contributed by atoms with Gasteiger partial charge < -0.3 is 14.0 Å². The van der Waals surface area contributed by atoms with E-state index in [0.717, 1.165) is 28.4 Å². The van der Waals surface area contributed by atoms with Gasteiger partial charge in [0.2, 0.25) is 0 Å². The second-order valence-electron chi connectivity index (χ2n) is 17.6. The van der Waals surface area contributed by atoms with Crippen molar-refractivity contribution >= 4 is 49.8 Å². The summed E-state index contributed by atoms with van der Waals surface area (Å²) >= 11 is 0. The fourth-order valence-electron chi connectivity index (χ4n) is 11.7. The van der Waals surface area contributed by atoms with E-state index in [1.807, 2.05) is 0 Å². The Morgan fingerprint density at radius 2 is 0.727 bits per heavy atom. The molecule has 0 N–H and O–H groups in total. The number of rotatable bonds is 5. The minimum Gasteiger partial charge on any atom is -0.309 e. The van der Waals surface area contributed by atoms with Crippen LogP contribution in [0.2, 0.25) is 0 Å². The van der Waals surface area contributed by atoms with E-state index in [4.69, 9.17) is 0 Å². The Labute approximate surface area is 383 Å². The van der Waals surface area contributed by atoms with Gasteiger partial charge >= 0.3 is 0 Å². The van der Waals surface area contributed by atoms with E-state index in [1.54, 1.807) is 0 Å². The third kappa shape index (κ3) is 5.02. The monoisotopic (exact) mass is 839 g/mol. The molecule has 0 atom stereocenters. The molecule has 0 saturated carbocycles. The van der Waals surface area contributed by atoms with Crippen LogP contribution >= 0.6 is 0 Å². The summed E-state index contributed by atoms with van der Waals surface area (Å²) in [6.07, 6.45) is 0. The number of nitrogens with zero attached hydrogens (tertiary/aromatic N) is 3. The SMILES string of the molecule is c1ccc(-n2c3c(c4ccccc42)-c2ccccc2N(c2ccc4c(c2)C(c2ccccc2)(c2ccccc2)c2cc(-n5c6ccccc6c6ccccc65)ccc2-4)c2ccccc2-3)cc1. The van der Waals surface area contributed by atoms with Gasteiger partial charge in [0.05, 0.1) is 39.0 Å². The number of fused-ring (bicyclic) bond motifs is 13. The minimum absolute atomic E-state index is 0.633. The van der Waals surface area contributed by atoms with Gasteiger partial charge in [0.15, 0.2) is 0 Å². The molecule has 12 aromatic rings. The van der Waals surface area contributed by atoms with Crippen LogP contribution < -0.4 is 4.90 Å². The van der Waals surface area contributed by atoms with Crippen molar-refractivity contribution in [2.24, 2.45) is 0 Å². The first-order valence-electron chi connectivity index (χ1n) is 22.9. The third-order valence-electron chi connectivity index (χ3n) is 14.3. The van der Waals surface area contributed by atoms with E-state index in [2.05, 4.69) is 263 Å². The maximum atomic E-state index is 2.52. The van der Waals surface area contributed by atoms with Crippen molar-refractivity contribution in [2.45, 2.75) is 5.41 Å². The van der Waals surface area contributed by atoms with Gasteiger partial charge in [-0.3, -0.25) is 0 Å². The summed E-state index contributed by atoms with van der Waals surface area (Å²) < 4.78 is 4.92. The lowest BCUT2D eigenvalue weighted by molar-refractivity contribution is 0.767. The summed E-state index contributed by atoms with van der Waals surface area (Å²) in [5.74, 6) is 0. The molecule has 66 heavy (non-hydrogen) atoms. The van der Waals surface area contributed by atoms with Gasteiger partial charge in [-0.05, 0) is 100 Å². The summed E-state index contributed by atoms with van der Waals surface area (Å²) in [5, 5.41) is 3.75. The van der Waals surface area contributed by atoms with Gasteiger partial charge in [0.1, 0.15) is 0 Å². The summed E-state index contributed by atoms with van der Waals surface area (Å²) in [7, 11) is 0. The Hall–Kier alpha value is -8.66. The van der Waals surface area contributed by atoms with Crippen LogP contribution in [0.1, 0.15) is 22.3 Å². The molecule has 1 aliphatic heterocycles. The number of hydrogen-bond donors (Lipinski definition) is 0. The quantitative estimate of drug-likeness (QED) is 0.168. The van der Waals surface area contributed by atoms with Gasteiger partial charge in [0.25, 0.3) is 0 Å². The molecule has 0 spiro atoms. The van der Waals surface area contributed by atoms with Gasteiger partial charge in [-0.2, -0.15) is 0 Å². The lowest BCUT2D eigenvalue weighted by Crippen LogP contribution is -2.29. The molecule has 1 aliphatic carbocycles. The predicted molar refractivity (Wildman–Crippen MR) is 274 cm³/mol. The molecule has 0 fully saturated rings. The Morgan fingerprint density at radius 3 is 1.33 bits per heavy atom. The van der Waals surface area contributed by atoms with E-state index in [0.29, 0.717) is 0 Å². The molecule has 0 unspecified atom stereocenters. The molecule has 0 radical (unpaired) electrons. The Morgan fingerprint density at radius 1 is 0.288 bits per heavy atom. The van der Waals surface area contributed by atoms with Crippen LogP contribution in [0.4, 0.5) is 17.1 Å². The first-order valence-corrected chi connectivity index (χ1v) is 22.9. The highest BCUT2D eigenvalue weighted by molar-refractivity contribution is 6.13. The average molecular weight is 840 g/mol. The molecule has 2 aliphatic rings. The van der Waals surface area contributed by atoms with Crippen molar-refractivity contribution in [1.82, 2.24) is 9.13 Å². The molecule has 308 valence electrons. The average Bonchev–Trinajstić information content (AvgIpc) is 3.98. The molecule has 0 saturated heterocycles. The highest BCUT2D eigenvalue weighted by Crippen LogP contribution is 2.60. The zero-order chi connectivity index (χ0) is 43.3. The van der Waals surface area contributed by atoms with Crippen LogP contribution in [0.25, 0.3) is 77.6 Å². The third-order valence-corrected chi connectivity index (χ3v) is 14.3. The minimum atomic E-state index is -0.633. The largest absolute Gasteiger partial charge is 0.309 e. The maximum Gasteiger partial charge on any atom is 0.0715 e. The van der Waals surface area contributed by atoms with E-state index in [9.17, 15) is 0 Å². The van der Waals surface area contributed by atoms with Gasteiger partial charge in [0, 0.05) is 49.9 Å². The lowest BCUT2D eigenvalue weighted by Gasteiger charge is -2.35. The molecule has 10 aromatic carbocycles. The predicted octanol–water partition coefficient (Wildman–Crippen LogP) is 16.2. The number of aromatic nitrogens is 2. The van der Waals surface area contributed by atoms with E-state index in [1.165, 1.54) is 88.5 Å². The standard InChI is InChI=1S/C63H41N3/c1-4-20-42(21-5-1)63(43-22-6-2-7-23-43)54-40-45(64-56-31-15-10-26-49(56)50-27-11-16-32-57(50)64)36-38-47(54)48-39-37-46(41-55(48)63)65-58-33-17-12-28-51(58)61-52-29-13-18-34-59(52)66(44-24-8-3-9-25-44)62(61)53-30-14-19-35-60(53)65/h1-41H. The van der Waals surface area contributed by atoms with Crippen molar-refractivity contribution in [3.05, 3.63) is 271 Å². The molecule has 3 heteroatoms. The van der Waals surface area contributed by atoms with Gasteiger partial charge in [-0.1, -0.05) is 182 Å². The van der Waals surface area contributed by atoms with Crippen molar-refractivity contribution in [3.8, 4) is 44.9 Å². The fourth-order valence-corrected chi connectivity index (χ4v) is 11.7. The van der Waals surface area contributed by atoms with Crippen LogP contribution in [0.3, 0.4) is 0 Å². The number of para-hydroxylation sites is 6. The smallest absolute Gasteiger partial charge is 0.0715 e. The summed E-state index contributed by atoms with van der Waals surface area (Å²) in [6.45, 7) is 0. The Kier molecular flexibility index (Phi) is 7.90. The number of hydrogen-bond acceptors (Lipinski definition) is 1. The van der Waals surface area contributed by atoms with Crippen molar-refractivity contribution in [3.63, 3.8) is 0 Å². The normalized spacial score (nSPS) is 13.2. The van der Waals surface area contributed by atoms with E-state index in [-0.39, 0.29) is 0 Å².